The molecule has 0 aliphatic carbocycles. The van der Waals surface area contributed by atoms with Crippen molar-refractivity contribution in [1.82, 2.24) is 4.90 Å². The average Bonchev–Trinajstić information content (AvgIpc) is 2.44. The summed E-state index contributed by atoms with van der Waals surface area (Å²) in [7, 11) is -3.89. The Kier molecular flexibility index (Phi) is 5.51. The molecule has 1 aromatic carbocycles. The molecule has 0 unspecified atom stereocenters. The first-order chi connectivity index (χ1) is 11.0. The molecule has 0 radical (unpaired) electrons. The van der Waals surface area contributed by atoms with Crippen LogP contribution in [0.5, 0.6) is 0 Å². The van der Waals surface area contributed by atoms with Gasteiger partial charge in [0.05, 0.1) is 4.90 Å². The van der Waals surface area contributed by atoms with Crippen molar-refractivity contribution < 1.29 is 17.5 Å². The topological polar surface area (TPSA) is 72.6 Å². The van der Waals surface area contributed by atoms with Gasteiger partial charge in [0.1, 0.15) is 11.4 Å². The Morgan fingerprint density at radius 2 is 1.92 bits per heavy atom. The van der Waals surface area contributed by atoms with Crippen LogP contribution < -0.4 is 5.14 Å². The van der Waals surface area contributed by atoms with Crippen LogP contribution in [0.15, 0.2) is 23.1 Å². The lowest BCUT2D eigenvalue weighted by molar-refractivity contribution is 0.0887. The van der Waals surface area contributed by atoms with Crippen LogP contribution in [0, 0.1) is 5.82 Å². The summed E-state index contributed by atoms with van der Waals surface area (Å²) in [6.45, 7) is 7.17. The Morgan fingerprint density at radius 1 is 1.33 bits per heavy atom. The molecular formula is C16H23FN2O3S2. The molecule has 0 amide bonds. The third-order valence-electron chi connectivity index (χ3n) is 3.89. The fourth-order valence-corrected chi connectivity index (χ4v) is 3.67. The average molecular weight is 375 g/mol. The van der Waals surface area contributed by atoms with Crippen molar-refractivity contribution in [3.8, 4) is 0 Å². The minimum atomic E-state index is -3.89. The number of sulfonamides is 1. The second kappa shape index (κ2) is 6.93. The Labute approximate surface area is 148 Å². The van der Waals surface area contributed by atoms with Gasteiger partial charge in [-0.25, -0.2) is 17.9 Å². The number of likely N-dealkylation sites (tertiary alicyclic amines) is 1. The number of hydrogen-bond acceptors (Lipinski definition) is 4. The first kappa shape index (κ1) is 19.1. The molecule has 5 nitrogen and oxygen atoms in total. The minimum absolute atomic E-state index is 0.0215. The van der Waals surface area contributed by atoms with Crippen LogP contribution in [0.4, 0.5) is 4.39 Å². The van der Waals surface area contributed by atoms with E-state index in [2.05, 4.69) is 0 Å². The normalized spacial score (nSPS) is 17.0. The largest absolute Gasteiger partial charge is 0.465 e. The fourth-order valence-electron chi connectivity index (χ4n) is 2.72. The molecule has 1 saturated heterocycles. The SMILES string of the molecule is CC(C)(C)OC(=S)N1CCC(c2ccc(S(N)(=O)=O)cc2F)CC1. The second-order valence-corrected chi connectivity index (χ2v) is 8.88. The summed E-state index contributed by atoms with van der Waals surface area (Å²) in [6.07, 6.45) is 1.44. The summed E-state index contributed by atoms with van der Waals surface area (Å²) in [5.74, 6) is -0.512. The first-order valence-corrected chi connectivity index (χ1v) is 9.73. The van der Waals surface area contributed by atoms with E-state index in [1.807, 2.05) is 25.7 Å². The maximum atomic E-state index is 14.3. The molecular weight excluding hydrogens is 351 g/mol. The summed E-state index contributed by atoms with van der Waals surface area (Å²) in [5, 5.41) is 5.49. The van der Waals surface area contributed by atoms with Crippen LogP contribution in [-0.4, -0.2) is 37.2 Å². The lowest BCUT2D eigenvalue weighted by atomic mass is 9.89. The van der Waals surface area contributed by atoms with Crippen molar-refractivity contribution in [1.29, 1.82) is 0 Å². The van der Waals surface area contributed by atoms with E-state index in [0.717, 1.165) is 18.9 Å². The standard InChI is InChI=1S/C16H23FN2O3S2/c1-16(2,3)22-15(23)19-8-6-11(7-9-19)13-5-4-12(10-14(13)17)24(18,20)21/h4-5,10-11H,6-9H2,1-3H3,(H2,18,20,21). The van der Waals surface area contributed by atoms with E-state index in [1.54, 1.807) is 0 Å². The summed E-state index contributed by atoms with van der Waals surface area (Å²) in [6, 6.07) is 3.86. The molecule has 2 N–H and O–H groups in total. The number of thiocarbonyl (C=S) groups is 1. The third-order valence-corrected chi connectivity index (χ3v) is 5.14. The summed E-state index contributed by atoms with van der Waals surface area (Å²) < 4.78 is 42.5. The highest BCUT2D eigenvalue weighted by Gasteiger charge is 2.27. The van der Waals surface area contributed by atoms with E-state index >= 15 is 0 Å². The van der Waals surface area contributed by atoms with Crippen LogP contribution in [0.3, 0.4) is 0 Å². The molecule has 8 heteroatoms. The maximum Gasteiger partial charge on any atom is 0.259 e. The number of piperidine rings is 1. The van der Waals surface area contributed by atoms with Gasteiger partial charge in [0.25, 0.3) is 5.17 Å². The minimum Gasteiger partial charge on any atom is -0.465 e. The Balaban J connectivity index is 2.04. The van der Waals surface area contributed by atoms with Gasteiger partial charge >= 0.3 is 0 Å². The lowest BCUT2D eigenvalue weighted by Crippen LogP contribution is -2.41. The zero-order valence-corrected chi connectivity index (χ0v) is 15.7. The van der Waals surface area contributed by atoms with E-state index in [1.165, 1.54) is 12.1 Å². The van der Waals surface area contributed by atoms with Crippen LogP contribution in [0.2, 0.25) is 0 Å². The predicted molar refractivity (Wildman–Crippen MR) is 94.8 cm³/mol. The van der Waals surface area contributed by atoms with Crippen molar-refractivity contribution in [3.05, 3.63) is 29.6 Å². The van der Waals surface area contributed by atoms with Crippen LogP contribution in [0.1, 0.15) is 45.1 Å². The molecule has 0 saturated carbocycles. The number of primary sulfonamides is 1. The third kappa shape index (κ3) is 4.87. The van der Waals surface area contributed by atoms with Gasteiger partial charge in [-0.1, -0.05) is 6.07 Å². The molecule has 1 aromatic rings. The zero-order chi connectivity index (χ0) is 18.1. The van der Waals surface area contributed by atoms with Gasteiger partial charge in [-0.15, -0.1) is 0 Å². The number of benzene rings is 1. The summed E-state index contributed by atoms with van der Waals surface area (Å²) in [4.78, 5) is 1.77. The Hall–Kier alpha value is -1.25. The molecule has 0 spiro atoms. The molecule has 134 valence electrons. The van der Waals surface area contributed by atoms with Crippen molar-refractivity contribution in [2.45, 2.75) is 50.0 Å². The number of ether oxygens (including phenoxy) is 1. The molecule has 1 fully saturated rings. The molecule has 24 heavy (non-hydrogen) atoms. The molecule has 1 heterocycles. The molecule has 1 aliphatic heterocycles. The van der Waals surface area contributed by atoms with Gasteiger partial charge in [-0.3, -0.25) is 0 Å². The van der Waals surface area contributed by atoms with Crippen molar-refractivity contribution >= 4 is 27.4 Å². The number of hydrogen-bond donors (Lipinski definition) is 1. The molecule has 0 bridgehead atoms. The summed E-state index contributed by atoms with van der Waals surface area (Å²) in [5.41, 5.74) is 0.175. The van der Waals surface area contributed by atoms with Crippen LogP contribution >= 0.6 is 12.2 Å². The number of nitrogens with zero attached hydrogens (tertiary/aromatic N) is 1. The second-order valence-electron chi connectivity index (χ2n) is 6.97. The quantitative estimate of drug-likeness (QED) is 0.806. The van der Waals surface area contributed by atoms with E-state index in [-0.39, 0.29) is 16.4 Å². The Morgan fingerprint density at radius 3 is 2.38 bits per heavy atom. The van der Waals surface area contributed by atoms with Crippen molar-refractivity contribution in [3.63, 3.8) is 0 Å². The highest BCUT2D eigenvalue weighted by atomic mass is 32.2. The van der Waals surface area contributed by atoms with Crippen molar-refractivity contribution in [2.24, 2.45) is 5.14 Å². The van der Waals surface area contributed by atoms with Crippen LogP contribution in [0.25, 0.3) is 0 Å². The van der Waals surface area contributed by atoms with Gasteiger partial charge in [0, 0.05) is 13.1 Å². The first-order valence-electron chi connectivity index (χ1n) is 7.77. The van der Waals surface area contributed by atoms with E-state index in [9.17, 15) is 12.8 Å². The molecule has 2 rings (SSSR count). The molecule has 0 atom stereocenters. The Bertz CT molecular complexity index is 721. The van der Waals surface area contributed by atoms with E-state index < -0.39 is 15.8 Å². The maximum absolute atomic E-state index is 14.3. The van der Waals surface area contributed by atoms with Gasteiger partial charge in [-0.05, 0) is 69.4 Å². The van der Waals surface area contributed by atoms with E-state index in [0.29, 0.717) is 23.8 Å². The predicted octanol–water partition coefficient (Wildman–Crippen LogP) is 2.75. The van der Waals surface area contributed by atoms with Gasteiger partial charge in [-0.2, -0.15) is 0 Å². The molecule has 1 aliphatic rings. The van der Waals surface area contributed by atoms with Crippen molar-refractivity contribution in [2.75, 3.05) is 13.1 Å². The number of nitrogens with two attached hydrogens (primary N) is 1. The van der Waals surface area contributed by atoms with E-state index in [4.69, 9.17) is 22.1 Å². The monoisotopic (exact) mass is 374 g/mol. The highest BCUT2D eigenvalue weighted by molar-refractivity contribution is 7.89. The molecule has 0 aromatic heterocycles. The fraction of sp³-hybridized carbons (Fsp3) is 0.562. The van der Waals surface area contributed by atoms with Gasteiger partial charge < -0.3 is 9.64 Å². The highest BCUT2D eigenvalue weighted by Crippen LogP contribution is 2.31. The number of rotatable bonds is 2. The van der Waals surface area contributed by atoms with Gasteiger partial charge in [0.15, 0.2) is 0 Å². The zero-order valence-electron chi connectivity index (χ0n) is 14.1. The summed E-state index contributed by atoms with van der Waals surface area (Å²) >= 11 is 5.31. The smallest absolute Gasteiger partial charge is 0.259 e. The number of halogens is 1. The van der Waals surface area contributed by atoms with Gasteiger partial charge in [0.2, 0.25) is 10.0 Å². The van der Waals surface area contributed by atoms with Crippen LogP contribution in [-0.2, 0) is 14.8 Å². The lowest BCUT2D eigenvalue weighted by Gasteiger charge is -2.35.